The number of halogens is 1. The summed E-state index contributed by atoms with van der Waals surface area (Å²) in [7, 11) is 0. The first-order chi connectivity index (χ1) is 9.13. The van der Waals surface area contributed by atoms with Crippen LogP contribution in [0.15, 0.2) is 18.2 Å². The van der Waals surface area contributed by atoms with Gasteiger partial charge in [0, 0.05) is 30.9 Å². The number of hydrogen-bond acceptors (Lipinski definition) is 3. The highest BCUT2D eigenvalue weighted by Crippen LogP contribution is 2.28. The molecule has 1 aromatic carbocycles. The number of anilines is 1. The maximum Gasteiger partial charge on any atom is 0.129 e. The highest BCUT2D eigenvalue weighted by atomic mass is 19.1. The van der Waals surface area contributed by atoms with Crippen molar-refractivity contribution in [3.63, 3.8) is 0 Å². The monoisotopic (exact) mass is 266 g/mol. The summed E-state index contributed by atoms with van der Waals surface area (Å²) in [5, 5.41) is 13.0. The summed E-state index contributed by atoms with van der Waals surface area (Å²) in [6, 6.07) is 5.24. The number of piperidine rings is 1. The fourth-order valence-electron chi connectivity index (χ4n) is 2.62. The van der Waals surface area contributed by atoms with Gasteiger partial charge in [0.2, 0.25) is 0 Å². The van der Waals surface area contributed by atoms with Gasteiger partial charge >= 0.3 is 0 Å². The third-order valence-electron chi connectivity index (χ3n) is 3.85. The number of nitrogens with zero attached hydrogens (tertiary/aromatic N) is 1. The minimum absolute atomic E-state index is 0.155. The average Bonchev–Trinajstić information content (AvgIpc) is 2.40. The Morgan fingerprint density at radius 2 is 2.26 bits per heavy atom. The molecule has 4 heteroatoms. The summed E-state index contributed by atoms with van der Waals surface area (Å²) in [5.41, 5.74) is 1.69. The molecule has 0 bridgehead atoms. The fraction of sp³-hybridized carbons (Fsp3) is 0.600. The lowest BCUT2D eigenvalue weighted by atomic mass is 9.95. The molecule has 2 N–H and O–H groups in total. The van der Waals surface area contributed by atoms with Crippen LogP contribution < -0.4 is 10.2 Å². The first kappa shape index (κ1) is 14.3. The van der Waals surface area contributed by atoms with E-state index in [0.29, 0.717) is 6.54 Å². The van der Waals surface area contributed by atoms with Crippen LogP contribution in [0.2, 0.25) is 0 Å². The number of rotatable bonds is 4. The Hall–Kier alpha value is -1.13. The van der Waals surface area contributed by atoms with Gasteiger partial charge in [-0.05, 0) is 31.0 Å². The van der Waals surface area contributed by atoms with Crippen LogP contribution >= 0.6 is 0 Å². The van der Waals surface area contributed by atoms with Gasteiger partial charge in [-0.1, -0.05) is 19.9 Å². The van der Waals surface area contributed by atoms with Crippen LogP contribution in [0, 0.1) is 11.7 Å². The fourth-order valence-corrected chi connectivity index (χ4v) is 2.62. The van der Waals surface area contributed by atoms with Gasteiger partial charge in [-0.3, -0.25) is 0 Å². The van der Waals surface area contributed by atoms with Crippen LogP contribution in [-0.2, 0) is 6.54 Å². The molecule has 0 saturated carbocycles. The van der Waals surface area contributed by atoms with Crippen molar-refractivity contribution >= 4 is 5.69 Å². The molecule has 0 radical (unpaired) electrons. The molecule has 3 nitrogen and oxygen atoms in total. The minimum Gasteiger partial charge on any atom is -0.393 e. The van der Waals surface area contributed by atoms with E-state index in [0.717, 1.165) is 37.3 Å². The van der Waals surface area contributed by atoms with E-state index >= 15 is 0 Å². The van der Waals surface area contributed by atoms with Crippen molar-refractivity contribution in [2.75, 3.05) is 24.5 Å². The molecule has 1 aliphatic rings. The van der Waals surface area contributed by atoms with Crippen molar-refractivity contribution in [3.05, 3.63) is 29.6 Å². The molecule has 2 atom stereocenters. The Morgan fingerprint density at radius 1 is 1.47 bits per heavy atom. The Labute approximate surface area is 114 Å². The van der Waals surface area contributed by atoms with Crippen molar-refractivity contribution in [1.29, 1.82) is 0 Å². The topological polar surface area (TPSA) is 35.5 Å². The zero-order chi connectivity index (χ0) is 13.8. The van der Waals surface area contributed by atoms with Crippen LogP contribution in [0.25, 0.3) is 0 Å². The lowest BCUT2D eigenvalue weighted by Gasteiger charge is -2.37. The van der Waals surface area contributed by atoms with E-state index in [4.69, 9.17) is 0 Å². The third-order valence-corrected chi connectivity index (χ3v) is 3.85. The summed E-state index contributed by atoms with van der Waals surface area (Å²) >= 11 is 0. The van der Waals surface area contributed by atoms with Crippen LogP contribution in [0.3, 0.4) is 0 Å². The smallest absolute Gasteiger partial charge is 0.129 e. The van der Waals surface area contributed by atoms with Crippen molar-refractivity contribution in [3.8, 4) is 0 Å². The second-order valence-electron chi connectivity index (χ2n) is 5.30. The number of nitrogens with one attached hydrogen (secondary N) is 1. The predicted molar refractivity (Wildman–Crippen MR) is 75.8 cm³/mol. The molecule has 2 unspecified atom stereocenters. The van der Waals surface area contributed by atoms with E-state index in [-0.39, 0.29) is 17.8 Å². The SMILES string of the molecule is CCNCc1c(F)cccc1N1CCC(O)C(C)C1. The summed E-state index contributed by atoms with van der Waals surface area (Å²) in [5.74, 6) is 0.0706. The van der Waals surface area contributed by atoms with E-state index < -0.39 is 0 Å². The molecule has 1 heterocycles. The second kappa shape index (κ2) is 6.35. The van der Waals surface area contributed by atoms with Crippen molar-refractivity contribution in [2.24, 2.45) is 5.92 Å². The molecule has 2 rings (SSSR count). The Bertz CT molecular complexity index is 425. The zero-order valence-corrected chi connectivity index (χ0v) is 11.7. The maximum atomic E-state index is 14.0. The molecule has 1 aromatic rings. The van der Waals surface area contributed by atoms with Gasteiger partial charge in [-0.2, -0.15) is 0 Å². The van der Waals surface area contributed by atoms with Crippen molar-refractivity contribution < 1.29 is 9.50 Å². The van der Waals surface area contributed by atoms with Gasteiger partial charge in [-0.25, -0.2) is 4.39 Å². The van der Waals surface area contributed by atoms with Crippen LogP contribution in [-0.4, -0.2) is 30.8 Å². The normalized spacial score (nSPS) is 23.7. The minimum atomic E-state index is -0.234. The molecular weight excluding hydrogens is 243 g/mol. The lowest BCUT2D eigenvalue weighted by molar-refractivity contribution is 0.0970. The summed E-state index contributed by atoms with van der Waals surface area (Å²) in [6.07, 6.45) is 0.514. The lowest BCUT2D eigenvalue weighted by Crippen LogP contribution is -2.42. The van der Waals surface area contributed by atoms with Gasteiger partial charge in [-0.15, -0.1) is 0 Å². The van der Waals surface area contributed by atoms with E-state index in [2.05, 4.69) is 10.2 Å². The quantitative estimate of drug-likeness (QED) is 0.876. The predicted octanol–water partition coefficient (Wildman–Crippen LogP) is 2.14. The summed E-state index contributed by atoms with van der Waals surface area (Å²) in [6.45, 7) is 6.99. The molecule has 1 saturated heterocycles. The molecule has 0 amide bonds. The van der Waals surface area contributed by atoms with Crippen LogP contribution in [0.1, 0.15) is 25.8 Å². The van der Waals surface area contributed by atoms with Crippen molar-refractivity contribution in [2.45, 2.75) is 32.9 Å². The standard InChI is InChI=1S/C15H23FN2O/c1-3-17-9-12-13(16)5-4-6-14(12)18-8-7-15(19)11(2)10-18/h4-6,11,15,17,19H,3,7-10H2,1-2H3. The van der Waals surface area contributed by atoms with Gasteiger partial charge in [0.15, 0.2) is 0 Å². The van der Waals surface area contributed by atoms with E-state index in [1.54, 1.807) is 6.07 Å². The number of benzene rings is 1. The molecule has 0 aliphatic carbocycles. The maximum absolute atomic E-state index is 14.0. The van der Waals surface area contributed by atoms with Gasteiger partial charge in [0.25, 0.3) is 0 Å². The van der Waals surface area contributed by atoms with E-state index in [1.807, 2.05) is 19.9 Å². The average molecular weight is 266 g/mol. The first-order valence-corrected chi connectivity index (χ1v) is 7.04. The molecule has 19 heavy (non-hydrogen) atoms. The molecule has 1 aliphatic heterocycles. The Kier molecular flexibility index (Phi) is 4.77. The van der Waals surface area contributed by atoms with E-state index in [1.165, 1.54) is 6.07 Å². The molecule has 106 valence electrons. The molecule has 0 spiro atoms. The first-order valence-electron chi connectivity index (χ1n) is 7.04. The highest BCUT2D eigenvalue weighted by Gasteiger charge is 2.26. The number of aliphatic hydroxyl groups excluding tert-OH is 1. The van der Waals surface area contributed by atoms with Crippen LogP contribution in [0.4, 0.5) is 10.1 Å². The second-order valence-corrected chi connectivity index (χ2v) is 5.30. The third kappa shape index (κ3) is 3.25. The zero-order valence-electron chi connectivity index (χ0n) is 11.7. The van der Waals surface area contributed by atoms with Gasteiger partial charge < -0.3 is 15.3 Å². The molecule has 0 aromatic heterocycles. The van der Waals surface area contributed by atoms with Gasteiger partial charge in [0.05, 0.1) is 6.10 Å². The summed E-state index contributed by atoms with van der Waals surface area (Å²) < 4.78 is 14.0. The molecular formula is C15H23FN2O. The van der Waals surface area contributed by atoms with Crippen molar-refractivity contribution in [1.82, 2.24) is 5.32 Å². The molecule has 1 fully saturated rings. The Morgan fingerprint density at radius 3 is 2.95 bits per heavy atom. The van der Waals surface area contributed by atoms with Gasteiger partial charge in [0.1, 0.15) is 5.82 Å². The van der Waals surface area contributed by atoms with E-state index in [9.17, 15) is 9.50 Å². The Balaban J connectivity index is 2.21. The van der Waals surface area contributed by atoms with Crippen LogP contribution in [0.5, 0.6) is 0 Å². The highest BCUT2D eigenvalue weighted by molar-refractivity contribution is 5.54. The number of aliphatic hydroxyl groups is 1. The largest absolute Gasteiger partial charge is 0.393 e. The number of hydrogen-bond donors (Lipinski definition) is 2. The summed E-state index contributed by atoms with van der Waals surface area (Å²) in [4.78, 5) is 2.19.